The number of hydrogen-bond donors (Lipinski definition) is 2. The summed E-state index contributed by atoms with van der Waals surface area (Å²) < 4.78 is 40.7. The Hall–Kier alpha value is -2.25. The van der Waals surface area contributed by atoms with Gasteiger partial charge in [0.25, 0.3) is 0 Å². The Morgan fingerprint density at radius 1 is 1.12 bits per heavy atom. The largest absolute Gasteiger partial charge is 0.478 e. The van der Waals surface area contributed by atoms with E-state index in [1.807, 2.05) is 12.1 Å². The van der Waals surface area contributed by atoms with Crippen LogP contribution in [0.5, 0.6) is 0 Å². The maximum Gasteiger partial charge on any atom is 0.335 e. The number of halogens is 1. The van der Waals surface area contributed by atoms with E-state index in [1.54, 1.807) is 12.1 Å². The molecule has 0 aliphatic carbocycles. The summed E-state index contributed by atoms with van der Waals surface area (Å²) in [5, 5.41) is 8.93. The molecule has 0 aliphatic rings. The maximum atomic E-state index is 13.8. The van der Waals surface area contributed by atoms with Crippen molar-refractivity contribution in [3.05, 3.63) is 65.0 Å². The van der Waals surface area contributed by atoms with Crippen LogP contribution >= 0.6 is 0 Å². The molecule has 0 heterocycles. The molecule has 0 amide bonds. The average Bonchev–Trinajstić information content (AvgIpc) is 2.52. The fourth-order valence-electron chi connectivity index (χ4n) is 2.22. The van der Waals surface area contributed by atoms with Gasteiger partial charge >= 0.3 is 5.97 Å². The van der Waals surface area contributed by atoms with Crippen LogP contribution in [0.2, 0.25) is 0 Å². The minimum atomic E-state index is -4.17. The van der Waals surface area contributed by atoms with E-state index >= 15 is 0 Å². The van der Waals surface area contributed by atoms with Crippen molar-refractivity contribution in [3.63, 3.8) is 0 Å². The second-order valence-corrected chi connectivity index (χ2v) is 8.46. The zero-order valence-corrected chi connectivity index (χ0v) is 15.0. The highest BCUT2D eigenvalue weighted by Gasteiger charge is 2.21. The normalized spacial score (nSPS) is 12.2. The van der Waals surface area contributed by atoms with Crippen LogP contribution in [0.25, 0.3) is 0 Å². The van der Waals surface area contributed by atoms with Crippen LogP contribution in [-0.2, 0) is 22.0 Å². The van der Waals surface area contributed by atoms with E-state index in [2.05, 4.69) is 25.5 Å². The van der Waals surface area contributed by atoms with Gasteiger partial charge in [-0.05, 0) is 34.7 Å². The third-order valence-electron chi connectivity index (χ3n) is 3.75. The highest BCUT2D eigenvalue weighted by Crippen LogP contribution is 2.22. The molecule has 0 unspecified atom stereocenters. The van der Waals surface area contributed by atoms with Gasteiger partial charge in [0.15, 0.2) is 0 Å². The van der Waals surface area contributed by atoms with Crippen LogP contribution < -0.4 is 4.72 Å². The Kier molecular flexibility index (Phi) is 5.29. The molecule has 0 atom stereocenters. The standard InChI is InChI=1S/C18H20FNO4S/c1-18(2,3)14-7-4-12(5-8-14)11-20-25(23,24)16-10-13(17(21)22)6-9-15(16)19/h4-10,20H,11H2,1-3H3,(H,21,22). The van der Waals surface area contributed by atoms with Gasteiger partial charge in [0.1, 0.15) is 10.7 Å². The molecule has 0 spiro atoms. The summed E-state index contributed by atoms with van der Waals surface area (Å²) in [7, 11) is -4.17. The minimum absolute atomic E-state index is 0.0154. The van der Waals surface area contributed by atoms with Gasteiger partial charge in [0, 0.05) is 6.54 Å². The van der Waals surface area contributed by atoms with Crippen LogP contribution in [0.1, 0.15) is 42.3 Å². The average molecular weight is 365 g/mol. The van der Waals surface area contributed by atoms with Crippen LogP contribution in [0.15, 0.2) is 47.4 Å². The minimum Gasteiger partial charge on any atom is -0.478 e. The van der Waals surface area contributed by atoms with Crippen molar-refractivity contribution in [2.45, 2.75) is 37.6 Å². The Morgan fingerprint density at radius 2 is 1.72 bits per heavy atom. The number of nitrogens with one attached hydrogen (secondary N) is 1. The van der Waals surface area contributed by atoms with Crippen LogP contribution in [0.4, 0.5) is 4.39 Å². The highest BCUT2D eigenvalue weighted by atomic mass is 32.2. The molecule has 0 saturated heterocycles. The second kappa shape index (κ2) is 6.93. The first kappa shape index (κ1) is 19.1. The molecule has 2 aromatic rings. The summed E-state index contributed by atoms with van der Waals surface area (Å²) in [5.74, 6) is -2.32. The highest BCUT2D eigenvalue weighted by molar-refractivity contribution is 7.89. The third kappa shape index (κ3) is 4.64. The molecule has 2 rings (SSSR count). The van der Waals surface area contributed by atoms with Gasteiger partial charge in [-0.3, -0.25) is 0 Å². The number of carboxylic acids is 1. The van der Waals surface area contributed by atoms with Crippen molar-refractivity contribution >= 4 is 16.0 Å². The molecule has 25 heavy (non-hydrogen) atoms. The Morgan fingerprint density at radius 3 is 2.24 bits per heavy atom. The van der Waals surface area contributed by atoms with Crippen molar-refractivity contribution in [3.8, 4) is 0 Å². The van der Waals surface area contributed by atoms with Crippen molar-refractivity contribution in [2.24, 2.45) is 0 Å². The molecule has 0 radical (unpaired) electrons. The van der Waals surface area contributed by atoms with E-state index in [9.17, 15) is 17.6 Å². The lowest BCUT2D eigenvalue weighted by atomic mass is 9.87. The van der Waals surface area contributed by atoms with Gasteiger partial charge in [-0.2, -0.15) is 0 Å². The van der Waals surface area contributed by atoms with Crippen LogP contribution in [-0.4, -0.2) is 19.5 Å². The smallest absolute Gasteiger partial charge is 0.335 e. The fourth-order valence-corrected chi connectivity index (χ4v) is 3.34. The second-order valence-electron chi connectivity index (χ2n) is 6.72. The van der Waals surface area contributed by atoms with Gasteiger partial charge in [-0.1, -0.05) is 45.0 Å². The van der Waals surface area contributed by atoms with Gasteiger partial charge in [-0.15, -0.1) is 0 Å². The summed E-state index contributed by atoms with van der Waals surface area (Å²) >= 11 is 0. The van der Waals surface area contributed by atoms with Crippen molar-refractivity contribution in [2.75, 3.05) is 0 Å². The van der Waals surface area contributed by atoms with Gasteiger partial charge in [-0.25, -0.2) is 22.3 Å². The lowest BCUT2D eigenvalue weighted by Crippen LogP contribution is -2.24. The molecule has 134 valence electrons. The maximum absolute atomic E-state index is 13.8. The lowest BCUT2D eigenvalue weighted by molar-refractivity contribution is 0.0696. The van der Waals surface area contributed by atoms with Crippen LogP contribution in [0.3, 0.4) is 0 Å². The van der Waals surface area contributed by atoms with Crippen LogP contribution in [0, 0.1) is 5.82 Å². The first-order chi connectivity index (χ1) is 11.5. The number of carboxylic acid groups (broad SMARTS) is 1. The molecular formula is C18H20FNO4S. The van der Waals surface area contributed by atoms with Crippen molar-refractivity contribution in [1.82, 2.24) is 4.72 Å². The predicted molar refractivity (Wildman–Crippen MR) is 92.5 cm³/mol. The SMILES string of the molecule is CC(C)(C)c1ccc(CNS(=O)(=O)c2cc(C(=O)O)ccc2F)cc1. The summed E-state index contributed by atoms with van der Waals surface area (Å²) in [6.07, 6.45) is 0. The zero-order valence-electron chi connectivity index (χ0n) is 14.2. The molecule has 2 N–H and O–H groups in total. The summed E-state index contributed by atoms with van der Waals surface area (Å²) in [6.45, 7) is 6.19. The van der Waals surface area contributed by atoms with E-state index in [4.69, 9.17) is 5.11 Å². The summed E-state index contributed by atoms with van der Waals surface area (Å²) in [5.41, 5.74) is 1.51. The van der Waals surface area contributed by atoms with Crippen molar-refractivity contribution < 1.29 is 22.7 Å². The van der Waals surface area contributed by atoms with Gasteiger partial charge in [0.05, 0.1) is 5.56 Å². The summed E-state index contributed by atoms with van der Waals surface area (Å²) in [4.78, 5) is 10.3. The first-order valence-electron chi connectivity index (χ1n) is 7.62. The zero-order chi connectivity index (χ0) is 18.8. The number of aromatic carboxylic acids is 1. The number of sulfonamides is 1. The van der Waals surface area contributed by atoms with E-state index in [0.717, 1.165) is 23.8 Å². The third-order valence-corrected chi connectivity index (χ3v) is 5.17. The molecule has 0 saturated carbocycles. The molecule has 0 aliphatic heterocycles. The van der Waals surface area contributed by atoms with Gasteiger partial charge in [0.2, 0.25) is 10.0 Å². The number of benzene rings is 2. The molecular weight excluding hydrogens is 345 g/mol. The molecule has 5 nitrogen and oxygen atoms in total. The monoisotopic (exact) mass is 365 g/mol. The quantitative estimate of drug-likeness (QED) is 0.852. The van der Waals surface area contributed by atoms with E-state index in [0.29, 0.717) is 5.56 Å². The number of rotatable bonds is 5. The van der Waals surface area contributed by atoms with Crippen molar-refractivity contribution in [1.29, 1.82) is 0 Å². The Balaban J connectivity index is 2.20. The lowest BCUT2D eigenvalue weighted by Gasteiger charge is -2.19. The van der Waals surface area contributed by atoms with E-state index < -0.39 is 26.7 Å². The Labute approximate surface area is 146 Å². The Bertz CT molecular complexity index is 884. The van der Waals surface area contributed by atoms with Gasteiger partial charge < -0.3 is 5.11 Å². The molecule has 0 aromatic heterocycles. The van der Waals surface area contributed by atoms with E-state index in [-0.39, 0.29) is 17.5 Å². The number of carbonyl (C=O) groups is 1. The fraction of sp³-hybridized carbons (Fsp3) is 0.278. The van der Waals surface area contributed by atoms with E-state index in [1.165, 1.54) is 0 Å². The molecule has 0 fully saturated rings. The predicted octanol–water partition coefficient (Wildman–Crippen LogP) is 3.30. The topological polar surface area (TPSA) is 83.5 Å². The first-order valence-corrected chi connectivity index (χ1v) is 9.11. The molecule has 2 aromatic carbocycles. The number of hydrogen-bond acceptors (Lipinski definition) is 3. The molecule has 0 bridgehead atoms. The molecule has 7 heteroatoms. The summed E-state index contributed by atoms with van der Waals surface area (Å²) in [6, 6.07) is 10.1.